The van der Waals surface area contributed by atoms with Crippen molar-refractivity contribution in [2.45, 2.75) is 31.4 Å². The first-order valence-electron chi connectivity index (χ1n) is 9.67. The number of hydrogen-bond acceptors (Lipinski definition) is 4. The second-order valence-corrected chi connectivity index (χ2v) is 7.57. The molecule has 4 rings (SSSR count). The van der Waals surface area contributed by atoms with E-state index in [4.69, 9.17) is 9.47 Å². The highest BCUT2D eigenvalue weighted by molar-refractivity contribution is 5.95. The first-order valence-corrected chi connectivity index (χ1v) is 9.67. The zero-order valence-electron chi connectivity index (χ0n) is 15.2. The molecule has 3 saturated heterocycles. The highest BCUT2D eigenvalue weighted by Crippen LogP contribution is 2.34. The van der Waals surface area contributed by atoms with Crippen molar-refractivity contribution in [2.24, 2.45) is 11.8 Å². The van der Waals surface area contributed by atoms with Gasteiger partial charge in [0.25, 0.3) is 5.91 Å². The van der Waals surface area contributed by atoms with E-state index >= 15 is 0 Å². The number of nitrogens with one attached hydrogen (secondary N) is 1. The van der Waals surface area contributed by atoms with E-state index in [1.54, 1.807) is 11.0 Å². The van der Waals surface area contributed by atoms with Crippen LogP contribution >= 0.6 is 0 Å². The van der Waals surface area contributed by atoms with E-state index in [0.717, 1.165) is 26.1 Å². The molecule has 7 heteroatoms. The third-order valence-electron chi connectivity index (χ3n) is 5.87. The standard InChI is InChI=1S/C20H25FN2O4/c21-15-3-1-2-14(10-15)20(25)23-12-16(18-17(23)6-9-27-18)19(24)22-11-13-4-7-26-8-5-13/h1-3,10,13,16-18H,4-9,11-12H2,(H,22,24)/t16-,17+,18-/m1/s1. The molecule has 0 unspecified atom stereocenters. The van der Waals surface area contributed by atoms with Crippen molar-refractivity contribution in [3.63, 3.8) is 0 Å². The van der Waals surface area contributed by atoms with E-state index in [0.29, 0.717) is 37.6 Å². The molecule has 27 heavy (non-hydrogen) atoms. The molecule has 146 valence electrons. The maximum atomic E-state index is 13.5. The minimum atomic E-state index is -0.440. The summed E-state index contributed by atoms with van der Waals surface area (Å²) in [6.45, 7) is 2.96. The molecular formula is C20H25FN2O4. The van der Waals surface area contributed by atoms with E-state index < -0.39 is 5.82 Å². The summed E-state index contributed by atoms with van der Waals surface area (Å²) < 4.78 is 24.6. The quantitative estimate of drug-likeness (QED) is 0.867. The lowest BCUT2D eigenvalue weighted by Gasteiger charge is -2.23. The van der Waals surface area contributed by atoms with Crippen molar-refractivity contribution >= 4 is 11.8 Å². The van der Waals surface area contributed by atoms with Gasteiger partial charge < -0.3 is 19.7 Å². The summed E-state index contributed by atoms with van der Waals surface area (Å²) in [7, 11) is 0. The predicted octanol–water partition coefficient (Wildman–Crippen LogP) is 1.60. The summed E-state index contributed by atoms with van der Waals surface area (Å²) in [6, 6.07) is 5.56. The average Bonchev–Trinajstić information content (AvgIpc) is 3.29. The topological polar surface area (TPSA) is 67.9 Å². The molecule has 3 atom stereocenters. The number of likely N-dealkylation sites (tertiary alicyclic amines) is 1. The van der Waals surface area contributed by atoms with Gasteiger partial charge in [-0.2, -0.15) is 0 Å². The van der Waals surface area contributed by atoms with E-state index in [-0.39, 0.29) is 29.9 Å². The fraction of sp³-hybridized carbons (Fsp3) is 0.600. The zero-order chi connectivity index (χ0) is 18.8. The molecule has 3 aliphatic rings. The Bertz CT molecular complexity index is 707. The fourth-order valence-electron chi connectivity index (χ4n) is 4.35. The molecule has 0 spiro atoms. The highest BCUT2D eigenvalue weighted by atomic mass is 19.1. The van der Waals surface area contributed by atoms with Gasteiger partial charge in [-0.1, -0.05) is 6.07 Å². The van der Waals surface area contributed by atoms with Gasteiger partial charge in [0, 0.05) is 38.5 Å². The minimum absolute atomic E-state index is 0.0621. The van der Waals surface area contributed by atoms with Gasteiger partial charge in [0.1, 0.15) is 5.82 Å². The molecule has 1 aromatic carbocycles. The Hall–Kier alpha value is -1.99. The van der Waals surface area contributed by atoms with Gasteiger partial charge in [-0.05, 0) is 43.4 Å². The van der Waals surface area contributed by atoms with Crippen molar-refractivity contribution in [2.75, 3.05) is 32.9 Å². The third kappa shape index (κ3) is 3.84. The molecule has 2 amide bonds. The van der Waals surface area contributed by atoms with Gasteiger partial charge in [0.15, 0.2) is 0 Å². The molecule has 0 saturated carbocycles. The zero-order valence-corrected chi connectivity index (χ0v) is 15.2. The fourth-order valence-corrected chi connectivity index (χ4v) is 4.35. The first kappa shape index (κ1) is 18.4. The van der Waals surface area contributed by atoms with Crippen LogP contribution in [0.3, 0.4) is 0 Å². The van der Waals surface area contributed by atoms with Gasteiger partial charge in [0.2, 0.25) is 5.91 Å². The summed E-state index contributed by atoms with van der Waals surface area (Å²) in [5.41, 5.74) is 0.309. The molecule has 3 aliphatic heterocycles. The molecule has 3 fully saturated rings. The molecule has 1 aromatic rings. The Morgan fingerprint density at radius 1 is 1.19 bits per heavy atom. The van der Waals surface area contributed by atoms with Crippen LogP contribution in [0.25, 0.3) is 0 Å². The van der Waals surface area contributed by atoms with Gasteiger partial charge in [-0.15, -0.1) is 0 Å². The molecule has 3 heterocycles. The number of carbonyl (C=O) groups excluding carboxylic acids is 2. The molecule has 0 radical (unpaired) electrons. The van der Waals surface area contributed by atoms with Gasteiger partial charge >= 0.3 is 0 Å². The number of fused-ring (bicyclic) bond motifs is 1. The molecule has 1 N–H and O–H groups in total. The predicted molar refractivity (Wildman–Crippen MR) is 95.6 cm³/mol. The van der Waals surface area contributed by atoms with Crippen molar-refractivity contribution in [1.82, 2.24) is 10.2 Å². The van der Waals surface area contributed by atoms with Crippen LogP contribution in [0.1, 0.15) is 29.6 Å². The lowest BCUT2D eigenvalue weighted by Crippen LogP contribution is -2.40. The highest BCUT2D eigenvalue weighted by Gasteiger charge is 2.50. The molecular weight excluding hydrogens is 351 g/mol. The lowest BCUT2D eigenvalue weighted by molar-refractivity contribution is -0.128. The van der Waals surface area contributed by atoms with Crippen LogP contribution in [-0.4, -0.2) is 61.8 Å². The van der Waals surface area contributed by atoms with Crippen LogP contribution in [0.2, 0.25) is 0 Å². The number of ether oxygens (including phenoxy) is 2. The Kier molecular flexibility index (Phi) is 5.41. The molecule has 0 aromatic heterocycles. The van der Waals surface area contributed by atoms with Crippen LogP contribution < -0.4 is 5.32 Å². The van der Waals surface area contributed by atoms with E-state index in [9.17, 15) is 14.0 Å². The largest absolute Gasteiger partial charge is 0.381 e. The van der Waals surface area contributed by atoms with E-state index in [2.05, 4.69) is 5.32 Å². The molecule has 0 bridgehead atoms. The second kappa shape index (κ2) is 7.94. The van der Waals surface area contributed by atoms with E-state index in [1.807, 2.05) is 0 Å². The Morgan fingerprint density at radius 3 is 2.78 bits per heavy atom. The van der Waals surface area contributed by atoms with Crippen LogP contribution in [0.15, 0.2) is 24.3 Å². The summed E-state index contributed by atoms with van der Waals surface area (Å²) in [6.07, 6.45) is 2.34. The summed E-state index contributed by atoms with van der Waals surface area (Å²) in [5, 5.41) is 3.04. The number of amides is 2. The van der Waals surface area contributed by atoms with Crippen LogP contribution in [-0.2, 0) is 14.3 Å². The van der Waals surface area contributed by atoms with Crippen LogP contribution in [0, 0.1) is 17.7 Å². The van der Waals surface area contributed by atoms with Gasteiger partial charge in [-0.3, -0.25) is 9.59 Å². The normalized spacial score (nSPS) is 28.2. The second-order valence-electron chi connectivity index (χ2n) is 7.57. The number of halogens is 1. The summed E-state index contributed by atoms with van der Waals surface area (Å²) >= 11 is 0. The van der Waals surface area contributed by atoms with Crippen LogP contribution in [0.4, 0.5) is 4.39 Å². The average molecular weight is 376 g/mol. The maximum Gasteiger partial charge on any atom is 0.254 e. The number of nitrogens with zero attached hydrogens (tertiary/aromatic N) is 1. The van der Waals surface area contributed by atoms with Crippen molar-refractivity contribution in [3.05, 3.63) is 35.6 Å². The van der Waals surface area contributed by atoms with Crippen molar-refractivity contribution in [3.8, 4) is 0 Å². The summed E-state index contributed by atoms with van der Waals surface area (Å²) in [5.74, 6) is -0.683. The first-order chi connectivity index (χ1) is 13.1. The van der Waals surface area contributed by atoms with Crippen molar-refractivity contribution in [1.29, 1.82) is 0 Å². The monoisotopic (exact) mass is 376 g/mol. The molecule has 0 aliphatic carbocycles. The SMILES string of the molecule is O=C(NCC1CCOCC1)[C@@H]1CN(C(=O)c2cccc(F)c2)[C@H]2CCO[C@H]12. The summed E-state index contributed by atoms with van der Waals surface area (Å²) in [4.78, 5) is 27.3. The third-order valence-corrected chi connectivity index (χ3v) is 5.87. The Balaban J connectivity index is 1.42. The smallest absolute Gasteiger partial charge is 0.254 e. The maximum absolute atomic E-state index is 13.5. The van der Waals surface area contributed by atoms with Gasteiger partial charge in [0.05, 0.1) is 18.1 Å². The number of benzene rings is 1. The van der Waals surface area contributed by atoms with Crippen LogP contribution in [0.5, 0.6) is 0 Å². The van der Waals surface area contributed by atoms with Gasteiger partial charge in [-0.25, -0.2) is 4.39 Å². The minimum Gasteiger partial charge on any atom is -0.381 e. The van der Waals surface area contributed by atoms with E-state index in [1.165, 1.54) is 18.2 Å². The number of rotatable bonds is 4. The van der Waals surface area contributed by atoms with Crippen molar-refractivity contribution < 1.29 is 23.5 Å². The Morgan fingerprint density at radius 2 is 2.00 bits per heavy atom. The number of hydrogen-bond donors (Lipinski definition) is 1. The number of carbonyl (C=O) groups is 2. The Labute approximate surface area is 158 Å². The molecule has 6 nitrogen and oxygen atoms in total. The lowest BCUT2D eigenvalue weighted by atomic mass is 9.98.